The lowest BCUT2D eigenvalue weighted by atomic mass is 9.88. The van der Waals surface area contributed by atoms with Gasteiger partial charge in [0.05, 0.1) is 13.5 Å². The van der Waals surface area contributed by atoms with Gasteiger partial charge in [-0.2, -0.15) is 0 Å². The van der Waals surface area contributed by atoms with Crippen LogP contribution in [0.4, 0.5) is 10.1 Å². The number of benzene rings is 3. The van der Waals surface area contributed by atoms with Crippen LogP contribution in [0, 0.1) is 11.7 Å². The zero-order valence-corrected chi connectivity index (χ0v) is 20.9. The van der Waals surface area contributed by atoms with Crippen LogP contribution in [0.5, 0.6) is 5.75 Å². The molecule has 0 bridgehead atoms. The molecule has 0 aliphatic carbocycles. The molecule has 6 heteroatoms. The van der Waals surface area contributed by atoms with Crippen LogP contribution < -0.4 is 9.64 Å². The highest BCUT2D eigenvalue weighted by Crippen LogP contribution is 2.34. The summed E-state index contributed by atoms with van der Waals surface area (Å²) in [5, 5.41) is 0. The number of carbonyl (C=O) groups excluding carboxylic acids is 1. The molecule has 2 atom stereocenters. The summed E-state index contributed by atoms with van der Waals surface area (Å²) in [6, 6.07) is 25.2. The monoisotopic (exact) mass is 487 g/mol. The van der Waals surface area contributed by atoms with E-state index < -0.39 is 0 Å². The van der Waals surface area contributed by atoms with Gasteiger partial charge in [-0.1, -0.05) is 42.5 Å². The third-order valence-corrected chi connectivity index (χ3v) is 7.57. The number of methoxy groups -OCH3 is 1. The lowest BCUT2D eigenvalue weighted by molar-refractivity contribution is -0.129. The lowest BCUT2D eigenvalue weighted by Crippen LogP contribution is -2.48. The Morgan fingerprint density at radius 1 is 0.917 bits per heavy atom. The first-order valence-electron chi connectivity index (χ1n) is 12.8. The first-order chi connectivity index (χ1) is 17.6. The van der Waals surface area contributed by atoms with E-state index in [0.29, 0.717) is 18.3 Å². The summed E-state index contributed by atoms with van der Waals surface area (Å²) in [4.78, 5) is 20.2. The topological polar surface area (TPSA) is 36.0 Å². The van der Waals surface area contributed by atoms with E-state index in [0.717, 1.165) is 62.8 Å². The van der Waals surface area contributed by atoms with Crippen molar-refractivity contribution in [3.8, 4) is 5.75 Å². The van der Waals surface area contributed by atoms with Gasteiger partial charge in [0.1, 0.15) is 11.6 Å². The van der Waals surface area contributed by atoms with Crippen LogP contribution in [0.3, 0.4) is 0 Å². The van der Waals surface area contributed by atoms with E-state index in [1.807, 2.05) is 42.5 Å². The second kappa shape index (κ2) is 11.1. The van der Waals surface area contributed by atoms with Crippen molar-refractivity contribution < 1.29 is 13.9 Å². The molecule has 2 aliphatic rings. The van der Waals surface area contributed by atoms with Gasteiger partial charge in [0.15, 0.2) is 0 Å². The molecule has 5 nitrogen and oxygen atoms in total. The summed E-state index contributed by atoms with van der Waals surface area (Å²) >= 11 is 0. The minimum atomic E-state index is -0.198. The molecule has 36 heavy (non-hydrogen) atoms. The van der Waals surface area contributed by atoms with Gasteiger partial charge in [0, 0.05) is 57.4 Å². The van der Waals surface area contributed by atoms with Crippen molar-refractivity contribution in [1.29, 1.82) is 0 Å². The summed E-state index contributed by atoms with van der Waals surface area (Å²) < 4.78 is 18.6. The summed E-state index contributed by atoms with van der Waals surface area (Å²) in [5.41, 5.74) is 3.37. The molecule has 2 saturated heterocycles. The highest BCUT2D eigenvalue weighted by Gasteiger charge is 2.37. The number of amides is 1. The van der Waals surface area contributed by atoms with Crippen LogP contribution in [0.15, 0.2) is 78.9 Å². The molecule has 2 heterocycles. The van der Waals surface area contributed by atoms with E-state index in [2.05, 4.69) is 39.0 Å². The van der Waals surface area contributed by atoms with Gasteiger partial charge in [0.2, 0.25) is 5.91 Å². The van der Waals surface area contributed by atoms with Crippen molar-refractivity contribution >= 4 is 11.6 Å². The molecule has 5 rings (SSSR count). The fraction of sp³-hybridized carbons (Fsp3) is 0.367. The second-order valence-corrected chi connectivity index (χ2v) is 9.87. The summed E-state index contributed by atoms with van der Waals surface area (Å²) in [6.07, 6.45) is 0.391. The molecule has 3 aromatic carbocycles. The number of carbonyl (C=O) groups is 1. The van der Waals surface area contributed by atoms with Gasteiger partial charge in [-0.3, -0.25) is 9.69 Å². The van der Waals surface area contributed by atoms with Crippen molar-refractivity contribution in [1.82, 2.24) is 9.80 Å². The Bertz CT molecular complexity index is 1150. The molecular formula is C30H34FN3O2. The largest absolute Gasteiger partial charge is 0.497 e. The van der Waals surface area contributed by atoms with Gasteiger partial charge in [-0.25, -0.2) is 4.39 Å². The Balaban J connectivity index is 1.24. The summed E-state index contributed by atoms with van der Waals surface area (Å²) in [7, 11) is 1.65. The average molecular weight is 488 g/mol. The van der Waals surface area contributed by atoms with Gasteiger partial charge in [-0.05, 0) is 53.4 Å². The third-order valence-electron chi connectivity index (χ3n) is 7.57. The molecule has 0 radical (unpaired) electrons. The maximum absolute atomic E-state index is 13.3. The first-order valence-corrected chi connectivity index (χ1v) is 12.8. The zero-order chi connectivity index (χ0) is 24.9. The Hall–Kier alpha value is -3.38. The highest BCUT2D eigenvalue weighted by molar-refractivity contribution is 5.79. The van der Waals surface area contributed by atoms with Crippen LogP contribution in [0.25, 0.3) is 0 Å². The molecule has 0 N–H and O–H groups in total. The standard InChI is InChI=1S/C30H34FN3O2/c1-36-28-9-5-6-23(18-28)19-30(35)34-21-25(29(22-34)24-7-3-2-4-8-24)20-32-14-16-33(17-15-32)27-12-10-26(31)11-13-27/h2-13,18,25,29H,14-17,19-22H2,1H3/t25-,29+/m0/s1. The average Bonchev–Trinajstić information content (AvgIpc) is 3.34. The highest BCUT2D eigenvalue weighted by atomic mass is 19.1. The molecule has 0 spiro atoms. The van der Waals surface area contributed by atoms with Gasteiger partial charge < -0.3 is 14.5 Å². The van der Waals surface area contributed by atoms with E-state index in [-0.39, 0.29) is 11.7 Å². The molecule has 2 aliphatic heterocycles. The molecule has 188 valence electrons. The Labute approximate surface area is 213 Å². The van der Waals surface area contributed by atoms with E-state index in [4.69, 9.17) is 4.74 Å². The number of hydrogen-bond acceptors (Lipinski definition) is 4. The minimum absolute atomic E-state index is 0.174. The lowest BCUT2D eigenvalue weighted by Gasteiger charge is -2.37. The predicted molar refractivity (Wildman–Crippen MR) is 141 cm³/mol. The second-order valence-electron chi connectivity index (χ2n) is 9.87. The number of likely N-dealkylation sites (tertiary alicyclic amines) is 1. The summed E-state index contributed by atoms with van der Waals surface area (Å²) in [5.74, 6) is 1.47. The fourth-order valence-corrected chi connectivity index (χ4v) is 5.58. The van der Waals surface area contributed by atoms with Crippen molar-refractivity contribution in [2.24, 2.45) is 5.92 Å². The van der Waals surface area contributed by atoms with E-state index >= 15 is 0 Å². The van der Waals surface area contributed by atoms with Gasteiger partial charge in [-0.15, -0.1) is 0 Å². The van der Waals surface area contributed by atoms with Crippen LogP contribution >= 0.6 is 0 Å². The molecule has 0 saturated carbocycles. The Morgan fingerprint density at radius 2 is 1.67 bits per heavy atom. The van der Waals surface area contributed by atoms with E-state index in [9.17, 15) is 9.18 Å². The van der Waals surface area contributed by atoms with Crippen molar-refractivity contribution in [2.75, 3.05) is 57.8 Å². The predicted octanol–water partition coefficient (Wildman–Crippen LogP) is 4.44. The number of rotatable bonds is 7. The van der Waals surface area contributed by atoms with Gasteiger partial charge >= 0.3 is 0 Å². The van der Waals surface area contributed by atoms with E-state index in [1.165, 1.54) is 17.7 Å². The van der Waals surface area contributed by atoms with Crippen LogP contribution in [-0.4, -0.2) is 68.6 Å². The third kappa shape index (κ3) is 5.71. The molecule has 0 unspecified atom stereocenters. The van der Waals surface area contributed by atoms with E-state index in [1.54, 1.807) is 7.11 Å². The van der Waals surface area contributed by atoms with Crippen molar-refractivity contribution in [3.63, 3.8) is 0 Å². The number of halogens is 1. The zero-order valence-electron chi connectivity index (χ0n) is 20.9. The maximum atomic E-state index is 13.3. The van der Waals surface area contributed by atoms with Crippen LogP contribution in [0.1, 0.15) is 17.0 Å². The van der Waals surface area contributed by atoms with Crippen LogP contribution in [0.2, 0.25) is 0 Å². The Morgan fingerprint density at radius 3 is 2.39 bits per heavy atom. The molecule has 1 amide bonds. The van der Waals surface area contributed by atoms with Crippen molar-refractivity contribution in [2.45, 2.75) is 12.3 Å². The maximum Gasteiger partial charge on any atom is 0.227 e. The first kappa shape index (κ1) is 24.3. The smallest absolute Gasteiger partial charge is 0.227 e. The molecule has 2 fully saturated rings. The summed E-state index contributed by atoms with van der Waals surface area (Å²) in [6.45, 7) is 6.29. The normalized spacial score (nSPS) is 20.5. The van der Waals surface area contributed by atoms with Gasteiger partial charge in [0.25, 0.3) is 0 Å². The quantitative estimate of drug-likeness (QED) is 0.494. The van der Waals surface area contributed by atoms with Crippen molar-refractivity contribution in [3.05, 3.63) is 95.8 Å². The number of nitrogens with zero attached hydrogens (tertiary/aromatic N) is 3. The van der Waals surface area contributed by atoms with Crippen LogP contribution in [-0.2, 0) is 11.2 Å². The molecule has 0 aromatic heterocycles. The molecule has 3 aromatic rings. The number of anilines is 1. The molecular weight excluding hydrogens is 453 g/mol. The number of ether oxygens (including phenoxy) is 1. The fourth-order valence-electron chi connectivity index (χ4n) is 5.58. The SMILES string of the molecule is COc1cccc(CC(=O)N2C[C@H](CN3CCN(c4ccc(F)cc4)CC3)[C@@H](c3ccccc3)C2)c1. The number of hydrogen-bond donors (Lipinski definition) is 0. The minimum Gasteiger partial charge on any atom is -0.497 e. The Kier molecular flexibility index (Phi) is 7.52. The number of piperazine rings is 1.